The van der Waals surface area contributed by atoms with Crippen LogP contribution in [0.5, 0.6) is 0 Å². The fraction of sp³-hybridized carbons (Fsp3) is 0.348. The highest BCUT2D eigenvalue weighted by molar-refractivity contribution is 9.10. The van der Waals surface area contributed by atoms with Gasteiger partial charge in [-0.15, -0.1) is 12.4 Å². The minimum absolute atomic E-state index is 0. The zero-order chi connectivity index (χ0) is 28.7. The molecule has 14 nitrogen and oxygen atoms in total. The topological polar surface area (TPSA) is 220 Å². The highest BCUT2D eigenvalue weighted by Crippen LogP contribution is 2.36. The van der Waals surface area contributed by atoms with Gasteiger partial charge in [-0.1, -0.05) is 39.3 Å². The summed E-state index contributed by atoms with van der Waals surface area (Å²) < 4.78 is 1.15. The molecule has 2 aromatic rings. The first-order chi connectivity index (χ1) is 17.8. The standard InChI is InChI=1S/C11H10BrN3O4.C9H8BrN3O3.C2H6O.CH4.ClH/c1-5(16)13-8-3-6-2-7(12)4-9(15(18)19)10(6)14-11(8)17;10-5-1-4-2-6(11)9(14)12-8(4)7(3-5)13(15)16;1-2-3;;/h2,4,8H,3H2,1H3,(H,13,16)(H,14,17);1,3,6H,2,11H2,(H,12,14);3H,2H2,1H3;1H4;1H. The van der Waals surface area contributed by atoms with Crippen LogP contribution < -0.4 is 21.7 Å². The number of nitrogens with zero attached hydrogens (tertiary/aromatic N) is 2. The quantitative estimate of drug-likeness (QED) is 0.232. The number of hydrogen-bond donors (Lipinski definition) is 5. The van der Waals surface area contributed by atoms with Crippen molar-refractivity contribution in [3.8, 4) is 0 Å². The van der Waals surface area contributed by atoms with E-state index in [0.29, 0.717) is 26.5 Å². The maximum Gasteiger partial charge on any atom is 0.294 e. The number of nitro groups is 2. The molecule has 40 heavy (non-hydrogen) atoms. The number of carbonyl (C=O) groups is 3. The fourth-order valence-electron chi connectivity index (χ4n) is 3.62. The van der Waals surface area contributed by atoms with Crippen molar-refractivity contribution in [2.45, 2.75) is 46.2 Å². The maximum absolute atomic E-state index is 11.8. The molecule has 4 rings (SSSR count). The summed E-state index contributed by atoms with van der Waals surface area (Å²) in [5, 5.41) is 36.8. The first-order valence-corrected chi connectivity index (χ1v) is 12.6. The van der Waals surface area contributed by atoms with Crippen LogP contribution in [0.2, 0.25) is 0 Å². The van der Waals surface area contributed by atoms with Gasteiger partial charge in [0.15, 0.2) is 0 Å². The van der Waals surface area contributed by atoms with E-state index in [0.717, 1.165) is 0 Å². The van der Waals surface area contributed by atoms with E-state index in [2.05, 4.69) is 47.8 Å². The van der Waals surface area contributed by atoms with Crippen LogP contribution in [0.1, 0.15) is 32.4 Å². The molecular weight excluding hydrogens is 684 g/mol. The Kier molecular flexibility index (Phi) is 14.9. The summed E-state index contributed by atoms with van der Waals surface area (Å²) in [5.41, 5.74) is 7.01. The molecule has 0 saturated carbocycles. The van der Waals surface area contributed by atoms with Gasteiger partial charge in [0.1, 0.15) is 17.4 Å². The minimum Gasteiger partial charge on any atom is -0.397 e. The van der Waals surface area contributed by atoms with Crippen LogP contribution >= 0.6 is 44.3 Å². The van der Waals surface area contributed by atoms with Crippen molar-refractivity contribution in [3.63, 3.8) is 0 Å². The average molecular weight is 713 g/mol. The minimum atomic E-state index is -0.709. The lowest BCUT2D eigenvalue weighted by molar-refractivity contribution is -0.384. The number of rotatable bonds is 3. The summed E-state index contributed by atoms with van der Waals surface area (Å²) in [6.45, 7) is 3.24. The van der Waals surface area contributed by atoms with Gasteiger partial charge in [-0.3, -0.25) is 34.6 Å². The largest absolute Gasteiger partial charge is 0.397 e. The van der Waals surface area contributed by atoms with Crippen molar-refractivity contribution in [2.75, 3.05) is 17.2 Å². The molecule has 0 fully saturated rings. The van der Waals surface area contributed by atoms with E-state index in [4.69, 9.17) is 10.8 Å². The number of nitrogens with one attached hydrogen (secondary N) is 3. The van der Waals surface area contributed by atoms with Crippen LogP contribution in [-0.2, 0) is 27.2 Å². The number of carbonyl (C=O) groups excluding carboxylic acids is 3. The fourth-order valence-corrected chi connectivity index (χ4v) is 4.61. The van der Waals surface area contributed by atoms with Gasteiger partial charge in [-0.25, -0.2) is 0 Å². The van der Waals surface area contributed by atoms with Gasteiger partial charge in [0.2, 0.25) is 17.7 Å². The Morgan fingerprint density at radius 3 is 1.80 bits per heavy atom. The van der Waals surface area contributed by atoms with Crippen molar-refractivity contribution >= 4 is 84.7 Å². The van der Waals surface area contributed by atoms with Gasteiger partial charge >= 0.3 is 0 Å². The number of halogens is 3. The van der Waals surface area contributed by atoms with E-state index in [-0.39, 0.29) is 61.5 Å². The highest BCUT2D eigenvalue weighted by atomic mass is 79.9. The van der Waals surface area contributed by atoms with Crippen molar-refractivity contribution in [2.24, 2.45) is 5.73 Å². The number of aliphatic hydroxyl groups is 1. The first-order valence-electron chi connectivity index (χ1n) is 11.0. The Balaban J connectivity index is 0.000000669. The Morgan fingerprint density at radius 1 is 1.00 bits per heavy atom. The van der Waals surface area contributed by atoms with Crippen LogP contribution in [0.25, 0.3) is 0 Å². The number of aliphatic hydroxyl groups excluding tert-OH is 1. The normalized spacial score (nSPS) is 16.2. The molecular formula is C23H29Br2ClN6O8. The molecule has 2 heterocycles. The second-order valence-corrected chi connectivity index (χ2v) is 9.83. The Morgan fingerprint density at radius 2 is 1.40 bits per heavy atom. The van der Waals surface area contributed by atoms with Gasteiger partial charge in [0, 0.05) is 41.0 Å². The molecule has 0 aromatic heterocycles. The van der Waals surface area contributed by atoms with Crippen LogP contribution in [0, 0.1) is 20.2 Å². The van der Waals surface area contributed by atoms with Gasteiger partial charge in [-0.05, 0) is 36.6 Å². The zero-order valence-electron chi connectivity index (χ0n) is 20.5. The number of anilines is 2. The lowest BCUT2D eigenvalue weighted by Crippen LogP contribution is -2.47. The molecule has 3 amide bonds. The predicted molar refractivity (Wildman–Crippen MR) is 159 cm³/mol. The smallest absolute Gasteiger partial charge is 0.294 e. The molecule has 2 aliphatic rings. The van der Waals surface area contributed by atoms with Crippen LogP contribution in [0.4, 0.5) is 22.7 Å². The van der Waals surface area contributed by atoms with E-state index in [1.165, 1.54) is 19.1 Å². The summed E-state index contributed by atoms with van der Waals surface area (Å²) in [6, 6.07) is 4.74. The first kappa shape index (κ1) is 36.8. The van der Waals surface area contributed by atoms with E-state index < -0.39 is 33.7 Å². The average Bonchev–Trinajstić information content (AvgIpc) is 2.80. The molecule has 0 bridgehead atoms. The molecule has 0 saturated heterocycles. The van der Waals surface area contributed by atoms with Crippen molar-refractivity contribution in [1.82, 2.24) is 5.32 Å². The van der Waals surface area contributed by atoms with Gasteiger partial charge < -0.3 is 26.8 Å². The van der Waals surface area contributed by atoms with Crippen molar-refractivity contribution in [1.29, 1.82) is 0 Å². The Labute approximate surface area is 252 Å². The number of amides is 3. The second kappa shape index (κ2) is 16.2. The van der Waals surface area contributed by atoms with E-state index in [1.54, 1.807) is 19.1 Å². The molecule has 6 N–H and O–H groups in total. The highest BCUT2D eigenvalue weighted by Gasteiger charge is 2.32. The molecule has 220 valence electrons. The van der Waals surface area contributed by atoms with Crippen LogP contribution in [0.3, 0.4) is 0 Å². The Hall–Kier alpha value is -3.18. The van der Waals surface area contributed by atoms with Crippen LogP contribution in [0.15, 0.2) is 33.2 Å². The van der Waals surface area contributed by atoms with Gasteiger partial charge in [0.05, 0.1) is 15.9 Å². The number of hydrogen-bond acceptors (Lipinski definition) is 9. The van der Waals surface area contributed by atoms with Crippen LogP contribution in [-0.4, -0.2) is 51.4 Å². The van der Waals surface area contributed by atoms with Crippen molar-refractivity contribution < 1.29 is 29.3 Å². The SMILES string of the molecule is C.CC(=O)NC1Cc2cc(Br)cc([N+](=O)[O-])c2NC1=O.CCO.Cl.NC1Cc2cc(Br)cc([N+](=O)[O-])c2NC1=O. The molecule has 2 atom stereocenters. The van der Waals surface area contributed by atoms with E-state index in [1.807, 2.05) is 0 Å². The van der Waals surface area contributed by atoms with E-state index >= 15 is 0 Å². The number of nitro benzene ring substituents is 2. The Bertz CT molecular complexity index is 1300. The molecule has 17 heteroatoms. The second-order valence-electron chi connectivity index (χ2n) is 7.99. The monoisotopic (exact) mass is 710 g/mol. The molecule has 2 aliphatic heterocycles. The van der Waals surface area contributed by atoms with Gasteiger partial charge in [0.25, 0.3) is 11.4 Å². The zero-order valence-corrected chi connectivity index (χ0v) is 24.5. The summed E-state index contributed by atoms with van der Waals surface area (Å²) in [4.78, 5) is 54.8. The summed E-state index contributed by atoms with van der Waals surface area (Å²) in [6.07, 6.45) is 0.530. The van der Waals surface area contributed by atoms with Gasteiger partial charge in [-0.2, -0.15) is 0 Å². The summed E-state index contributed by atoms with van der Waals surface area (Å²) in [7, 11) is 0. The molecule has 2 unspecified atom stereocenters. The number of nitrogens with two attached hydrogens (primary N) is 1. The van der Waals surface area contributed by atoms with E-state index in [9.17, 15) is 34.6 Å². The third-order valence-electron chi connectivity index (χ3n) is 5.11. The third-order valence-corrected chi connectivity index (χ3v) is 6.03. The lowest BCUT2D eigenvalue weighted by atomic mass is 9.98. The number of benzene rings is 2. The third kappa shape index (κ3) is 9.48. The van der Waals surface area contributed by atoms with Crippen molar-refractivity contribution in [3.05, 3.63) is 64.6 Å². The summed E-state index contributed by atoms with van der Waals surface area (Å²) >= 11 is 6.38. The molecule has 0 spiro atoms. The molecule has 2 aromatic carbocycles. The predicted octanol–water partition coefficient (Wildman–Crippen LogP) is 3.59. The molecule has 0 aliphatic carbocycles. The maximum atomic E-state index is 11.8. The lowest BCUT2D eigenvalue weighted by Gasteiger charge is -2.24. The summed E-state index contributed by atoms with van der Waals surface area (Å²) in [5.74, 6) is -1.17. The molecule has 0 radical (unpaired) electrons. The number of fused-ring (bicyclic) bond motifs is 2.